The van der Waals surface area contributed by atoms with Gasteiger partial charge in [-0.05, 0) is 31.5 Å². The molecule has 106 valence electrons. The molecule has 1 heterocycles. The summed E-state index contributed by atoms with van der Waals surface area (Å²) < 4.78 is 11.2. The lowest BCUT2D eigenvalue weighted by atomic mass is 10.0. The normalized spacial score (nSPS) is 10.8. The van der Waals surface area contributed by atoms with Crippen molar-refractivity contribution < 1.29 is 9.15 Å². The molecule has 0 spiro atoms. The van der Waals surface area contributed by atoms with Crippen molar-refractivity contribution in [2.75, 3.05) is 7.11 Å². The smallest absolute Gasteiger partial charge is 0.200 e. The van der Waals surface area contributed by atoms with Crippen LogP contribution in [0.25, 0.3) is 22.1 Å². The van der Waals surface area contributed by atoms with Gasteiger partial charge in [-0.3, -0.25) is 4.79 Å². The molecule has 3 nitrogen and oxygen atoms in total. The molecular formula is C18H16O3. The lowest BCUT2D eigenvalue weighted by Crippen LogP contribution is -2.08. The van der Waals surface area contributed by atoms with E-state index in [1.165, 1.54) is 0 Å². The fraction of sp³-hybridized carbons (Fsp3) is 0.167. The third-order valence-electron chi connectivity index (χ3n) is 3.72. The fourth-order valence-corrected chi connectivity index (χ4v) is 2.64. The lowest BCUT2D eigenvalue weighted by molar-refractivity contribution is 0.411. The number of methoxy groups -OCH3 is 1. The molecule has 0 unspecified atom stereocenters. The molecule has 0 saturated carbocycles. The van der Waals surface area contributed by atoms with Gasteiger partial charge in [0.15, 0.2) is 0 Å². The molecule has 3 heteroatoms. The minimum atomic E-state index is -0.00861. The number of hydrogen-bond donors (Lipinski definition) is 0. The van der Waals surface area contributed by atoms with Crippen LogP contribution in [0.2, 0.25) is 0 Å². The Morgan fingerprint density at radius 2 is 1.71 bits per heavy atom. The highest BCUT2D eigenvalue weighted by Crippen LogP contribution is 2.29. The average Bonchev–Trinajstić information content (AvgIpc) is 2.50. The molecule has 3 aromatic rings. The topological polar surface area (TPSA) is 39.4 Å². The number of fused-ring (bicyclic) bond motifs is 1. The second-order valence-electron chi connectivity index (χ2n) is 5.00. The Morgan fingerprint density at radius 3 is 2.38 bits per heavy atom. The standard InChI is InChI=1S/C18H16O3/c1-11-15(20-3)10-9-14-17(19)16(12(2)21-18(11)14)13-7-5-4-6-8-13/h4-10H,1-3H3. The van der Waals surface area contributed by atoms with Gasteiger partial charge in [-0.2, -0.15) is 0 Å². The van der Waals surface area contributed by atoms with Gasteiger partial charge in [0, 0.05) is 5.56 Å². The fourth-order valence-electron chi connectivity index (χ4n) is 2.64. The summed E-state index contributed by atoms with van der Waals surface area (Å²) in [6, 6.07) is 13.2. The van der Waals surface area contributed by atoms with Crippen LogP contribution in [-0.2, 0) is 0 Å². The van der Waals surface area contributed by atoms with Crippen molar-refractivity contribution in [1.29, 1.82) is 0 Å². The van der Waals surface area contributed by atoms with Crippen molar-refractivity contribution in [1.82, 2.24) is 0 Å². The number of hydrogen-bond acceptors (Lipinski definition) is 3. The van der Waals surface area contributed by atoms with E-state index in [1.54, 1.807) is 19.2 Å². The monoisotopic (exact) mass is 280 g/mol. The highest BCUT2D eigenvalue weighted by atomic mass is 16.5. The summed E-state index contributed by atoms with van der Waals surface area (Å²) >= 11 is 0. The van der Waals surface area contributed by atoms with Gasteiger partial charge in [0.25, 0.3) is 0 Å². The van der Waals surface area contributed by atoms with Gasteiger partial charge in [0.1, 0.15) is 17.1 Å². The average molecular weight is 280 g/mol. The molecule has 0 fully saturated rings. The molecule has 0 aliphatic carbocycles. The van der Waals surface area contributed by atoms with E-state index >= 15 is 0 Å². The van der Waals surface area contributed by atoms with Crippen molar-refractivity contribution in [3.05, 3.63) is 64.0 Å². The van der Waals surface area contributed by atoms with Crippen LogP contribution in [0.5, 0.6) is 5.75 Å². The van der Waals surface area contributed by atoms with Gasteiger partial charge < -0.3 is 9.15 Å². The highest BCUT2D eigenvalue weighted by Gasteiger charge is 2.16. The second kappa shape index (κ2) is 5.09. The van der Waals surface area contributed by atoms with E-state index < -0.39 is 0 Å². The number of ether oxygens (including phenoxy) is 1. The Morgan fingerprint density at radius 1 is 1.00 bits per heavy atom. The first-order chi connectivity index (χ1) is 10.1. The van der Waals surface area contributed by atoms with Gasteiger partial charge in [-0.1, -0.05) is 30.3 Å². The summed E-state index contributed by atoms with van der Waals surface area (Å²) in [6.07, 6.45) is 0. The van der Waals surface area contributed by atoms with Crippen LogP contribution in [0.4, 0.5) is 0 Å². The van der Waals surface area contributed by atoms with Crippen LogP contribution in [0.15, 0.2) is 51.7 Å². The summed E-state index contributed by atoms with van der Waals surface area (Å²) in [5, 5.41) is 0.581. The Balaban J connectivity index is 2.38. The molecule has 0 radical (unpaired) electrons. The van der Waals surface area contributed by atoms with E-state index in [2.05, 4.69) is 0 Å². The first kappa shape index (κ1) is 13.4. The Hall–Kier alpha value is -2.55. The molecular weight excluding hydrogens is 264 g/mol. The minimum Gasteiger partial charge on any atom is -0.496 e. The Kier molecular flexibility index (Phi) is 3.26. The predicted octanol–water partition coefficient (Wildman–Crippen LogP) is 4.09. The largest absolute Gasteiger partial charge is 0.496 e. The zero-order chi connectivity index (χ0) is 15.0. The molecule has 0 bridgehead atoms. The Labute approximate surface area is 122 Å². The highest BCUT2D eigenvalue weighted by molar-refractivity contribution is 5.86. The van der Waals surface area contributed by atoms with Crippen molar-refractivity contribution >= 4 is 11.0 Å². The minimum absolute atomic E-state index is 0.00861. The van der Waals surface area contributed by atoms with E-state index in [1.807, 2.05) is 44.2 Å². The first-order valence-corrected chi connectivity index (χ1v) is 6.80. The van der Waals surface area contributed by atoms with Crippen molar-refractivity contribution in [3.8, 4) is 16.9 Å². The van der Waals surface area contributed by atoms with Crippen LogP contribution in [-0.4, -0.2) is 7.11 Å². The van der Waals surface area contributed by atoms with Crippen molar-refractivity contribution in [2.24, 2.45) is 0 Å². The SMILES string of the molecule is COc1ccc2c(=O)c(-c3ccccc3)c(C)oc2c1C. The van der Waals surface area contributed by atoms with Gasteiger partial charge in [-0.25, -0.2) is 0 Å². The first-order valence-electron chi connectivity index (χ1n) is 6.80. The van der Waals surface area contributed by atoms with Crippen molar-refractivity contribution in [2.45, 2.75) is 13.8 Å². The van der Waals surface area contributed by atoms with Crippen LogP contribution < -0.4 is 10.2 Å². The molecule has 0 saturated heterocycles. The molecule has 21 heavy (non-hydrogen) atoms. The Bertz CT molecular complexity index is 861. The summed E-state index contributed by atoms with van der Waals surface area (Å²) in [6.45, 7) is 3.72. The van der Waals surface area contributed by atoms with E-state index in [4.69, 9.17) is 9.15 Å². The van der Waals surface area contributed by atoms with Crippen LogP contribution in [0.1, 0.15) is 11.3 Å². The third-order valence-corrected chi connectivity index (χ3v) is 3.72. The maximum absolute atomic E-state index is 12.8. The molecule has 2 aromatic carbocycles. The number of aryl methyl sites for hydroxylation is 2. The molecule has 3 rings (SSSR count). The van der Waals surface area contributed by atoms with Gasteiger partial charge in [0.2, 0.25) is 5.43 Å². The number of benzene rings is 2. The van der Waals surface area contributed by atoms with Crippen LogP contribution in [0.3, 0.4) is 0 Å². The summed E-state index contributed by atoms with van der Waals surface area (Å²) in [4.78, 5) is 12.8. The molecule has 0 aliphatic heterocycles. The lowest BCUT2D eigenvalue weighted by Gasteiger charge is -2.10. The second-order valence-corrected chi connectivity index (χ2v) is 5.00. The molecule has 0 aliphatic rings. The third kappa shape index (κ3) is 2.11. The van der Waals surface area contributed by atoms with Crippen molar-refractivity contribution in [3.63, 3.8) is 0 Å². The van der Waals surface area contributed by atoms with E-state index in [0.29, 0.717) is 22.3 Å². The quantitative estimate of drug-likeness (QED) is 0.710. The van der Waals surface area contributed by atoms with Gasteiger partial charge >= 0.3 is 0 Å². The summed E-state index contributed by atoms with van der Waals surface area (Å²) in [7, 11) is 1.61. The molecule has 0 amide bonds. The van der Waals surface area contributed by atoms with E-state index in [-0.39, 0.29) is 5.43 Å². The van der Waals surface area contributed by atoms with Crippen LogP contribution in [0, 0.1) is 13.8 Å². The maximum atomic E-state index is 12.8. The van der Waals surface area contributed by atoms with Gasteiger partial charge in [-0.15, -0.1) is 0 Å². The van der Waals surface area contributed by atoms with Gasteiger partial charge in [0.05, 0.1) is 18.1 Å². The number of rotatable bonds is 2. The van der Waals surface area contributed by atoms with E-state index in [0.717, 1.165) is 16.9 Å². The molecule has 1 aromatic heterocycles. The summed E-state index contributed by atoms with van der Waals surface area (Å²) in [5.74, 6) is 1.34. The maximum Gasteiger partial charge on any atom is 0.200 e. The predicted molar refractivity (Wildman–Crippen MR) is 83.9 cm³/mol. The zero-order valence-electron chi connectivity index (χ0n) is 12.3. The van der Waals surface area contributed by atoms with Crippen LogP contribution >= 0.6 is 0 Å². The summed E-state index contributed by atoms with van der Waals surface area (Å²) in [5.41, 5.74) is 2.92. The molecule has 0 atom stereocenters. The molecule has 0 N–H and O–H groups in total. The zero-order valence-corrected chi connectivity index (χ0v) is 12.3. The van der Waals surface area contributed by atoms with E-state index in [9.17, 15) is 4.79 Å².